The minimum absolute atomic E-state index is 0.0642. The van der Waals surface area contributed by atoms with E-state index in [0.29, 0.717) is 36.2 Å². The van der Waals surface area contributed by atoms with Gasteiger partial charge in [-0.15, -0.1) is 0 Å². The fraction of sp³-hybridized carbons (Fsp3) is 0.381. The highest BCUT2D eigenvalue weighted by Gasteiger charge is 2.28. The molecule has 0 aliphatic carbocycles. The molecular weight excluding hydrogens is 380 g/mol. The molecule has 2 heterocycles. The first-order chi connectivity index (χ1) is 13.6. The molecule has 0 radical (unpaired) electrons. The lowest BCUT2D eigenvalue weighted by atomic mass is 10.0. The normalized spacial score (nSPS) is 18.7. The van der Waals surface area contributed by atoms with Crippen LogP contribution in [0, 0.1) is 0 Å². The molecule has 6 nitrogen and oxygen atoms in total. The minimum Gasteiger partial charge on any atom is -0.495 e. The summed E-state index contributed by atoms with van der Waals surface area (Å²) in [6.45, 7) is 2.35. The van der Waals surface area contributed by atoms with Crippen LogP contribution >= 0.6 is 11.6 Å². The van der Waals surface area contributed by atoms with E-state index in [1.54, 1.807) is 25.3 Å². The van der Waals surface area contributed by atoms with Gasteiger partial charge in [0.25, 0.3) is 0 Å². The summed E-state index contributed by atoms with van der Waals surface area (Å²) in [6, 6.07) is 11.5. The molecule has 0 bridgehead atoms. The Kier molecular flexibility index (Phi) is 5.59. The van der Waals surface area contributed by atoms with E-state index in [2.05, 4.69) is 16.3 Å². The summed E-state index contributed by atoms with van der Waals surface area (Å²) in [6.07, 6.45) is 2.07. The molecule has 2 aromatic carbocycles. The molecule has 2 aliphatic heterocycles. The van der Waals surface area contributed by atoms with E-state index in [4.69, 9.17) is 25.8 Å². The molecule has 0 aromatic heterocycles. The summed E-state index contributed by atoms with van der Waals surface area (Å²) >= 11 is 6.14. The fourth-order valence-corrected chi connectivity index (χ4v) is 4.05. The Bertz CT molecular complexity index is 873. The molecule has 4 rings (SSSR count). The van der Waals surface area contributed by atoms with E-state index >= 15 is 0 Å². The largest absolute Gasteiger partial charge is 0.495 e. The van der Waals surface area contributed by atoms with E-state index in [1.165, 1.54) is 0 Å². The summed E-state index contributed by atoms with van der Waals surface area (Å²) in [4.78, 5) is 14.8. The number of amides is 1. The molecule has 1 amide bonds. The van der Waals surface area contributed by atoms with Crippen molar-refractivity contribution >= 4 is 23.2 Å². The van der Waals surface area contributed by atoms with Gasteiger partial charge < -0.3 is 19.5 Å². The summed E-state index contributed by atoms with van der Waals surface area (Å²) in [5, 5.41) is 3.39. The SMILES string of the molecule is COc1ccc(NC(=O)CN2CCCC2c2ccc3c(c2)OCCO3)cc1Cl. The van der Waals surface area contributed by atoms with E-state index in [1.807, 2.05) is 12.1 Å². The maximum atomic E-state index is 12.6. The molecule has 1 fully saturated rings. The number of likely N-dealkylation sites (tertiary alicyclic amines) is 1. The molecule has 1 atom stereocenters. The van der Waals surface area contributed by atoms with Gasteiger partial charge in [0.2, 0.25) is 5.91 Å². The molecule has 1 saturated heterocycles. The molecule has 2 aliphatic rings. The second-order valence-electron chi connectivity index (χ2n) is 6.93. The van der Waals surface area contributed by atoms with Gasteiger partial charge in [-0.05, 0) is 55.3 Å². The molecule has 148 valence electrons. The number of benzene rings is 2. The van der Waals surface area contributed by atoms with E-state index in [-0.39, 0.29) is 11.9 Å². The maximum Gasteiger partial charge on any atom is 0.238 e. The Balaban J connectivity index is 1.42. The first kappa shape index (κ1) is 18.9. The van der Waals surface area contributed by atoms with Crippen LogP contribution in [0.3, 0.4) is 0 Å². The maximum absolute atomic E-state index is 12.6. The third kappa shape index (κ3) is 4.03. The van der Waals surface area contributed by atoms with Gasteiger partial charge in [0, 0.05) is 11.7 Å². The molecule has 2 aromatic rings. The number of hydrogen-bond acceptors (Lipinski definition) is 5. The molecule has 0 spiro atoms. The lowest BCUT2D eigenvalue weighted by Crippen LogP contribution is -2.33. The van der Waals surface area contributed by atoms with Crippen LogP contribution in [0.4, 0.5) is 5.69 Å². The van der Waals surface area contributed by atoms with E-state index in [0.717, 1.165) is 36.4 Å². The van der Waals surface area contributed by atoms with Gasteiger partial charge in [0.05, 0.1) is 18.7 Å². The molecule has 0 saturated carbocycles. The average molecular weight is 403 g/mol. The third-order valence-corrected chi connectivity index (χ3v) is 5.39. The first-order valence-corrected chi connectivity index (χ1v) is 9.79. The summed E-state index contributed by atoms with van der Waals surface area (Å²) in [5.74, 6) is 2.09. The van der Waals surface area contributed by atoms with Crippen molar-refractivity contribution in [1.29, 1.82) is 0 Å². The number of nitrogens with one attached hydrogen (secondary N) is 1. The Morgan fingerprint density at radius 3 is 2.82 bits per heavy atom. The van der Waals surface area contributed by atoms with Gasteiger partial charge in [-0.1, -0.05) is 17.7 Å². The number of nitrogens with zero attached hydrogens (tertiary/aromatic N) is 1. The lowest BCUT2D eigenvalue weighted by Gasteiger charge is -2.26. The summed E-state index contributed by atoms with van der Waals surface area (Å²) < 4.78 is 16.4. The van der Waals surface area contributed by atoms with Gasteiger partial charge in [-0.25, -0.2) is 0 Å². The summed E-state index contributed by atoms with van der Waals surface area (Å²) in [7, 11) is 1.56. The van der Waals surface area contributed by atoms with Crippen molar-refractivity contribution < 1.29 is 19.0 Å². The highest BCUT2D eigenvalue weighted by Crippen LogP contribution is 2.38. The summed E-state index contributed by atoms with van der Waals surface area (Å²) in [5.41, 5.74) is 1.81. The van der Waals surface area contributed by atoms with Crippen LogP contribution in [0.1, 0.15) is 24.4 Å². The predicted molar refractivity (Wildman–Crippen MR) is 108 cm³/mol. The van der Waals surface area contributed by atoms with Crippen LogP contribution in [-0.2, 0) is 4.79 Å². The van der Waals surface area contributed by atoms with Crippen LogP contribution in [0.25, 0.3) is 0 Å². The Morgan fingerprint density at radius 2 is 2.04 bits per heavy atom. The second kappa shape index (κ2) is 8.29. The topological polar surface area (TPSA) is 60.0 Å². The molecule has 28 heavy (non-hydrogen) atoms. The van der Waals surface area contributed by atoms with Crippen molar-refractivity contribution in [3.63, 3.8) is 0 Å². The van der Waals surface area contributed by atoms with Crippen LogP contribution in [0.5, 0.6) is 17.2 Å². The number of carbonyl (C=O) groups excluding carboxylic acids is 1. The average Bonchev–Trinajstić information content (AvgIpc) is 3.15. The molecule has 1 N–H and O–H groups in total. The zero-order valence-corrected chi connectivity index (χ0v) is 16.5. The quantitative estimate of drug-likeness (QED) is 0.822. The first-order valence-electron chi connectivity index (χ1n) is 9.41. The van der Waals surface area contributed by atoms with Gasteiger partial charge in [0.15, 0.2) is 11.5 Å². The van der Waals surface area contributed by atoms with E-state index < -0.39 is 0 Å². The monoisotopic (exact) mass is 402 g/mol. The van der Waals surface area contributed by atoms with Gasteiger partial charge in [0.1, 0.15) is 19.0 Å². The number of halogens is 1. The van der Waals surface area contributed by atoms with Crippen LogP contribution < -0.4 is 19.5 Å². The number of hydrogen-bond donors (Lipinski definition) is 1. The van der Waals surface area contributed by atoms with Crippen molar-refractivity contribution in [2.45, 2.75) is 18.9 Å². The number of methoxy groups -OCH3 is 1. The highest BCUT2D eigenvalue weighted by molar-refractivity contribution is 6.32. The lowest BCUT2D eigenvalue weighted by molar-refractivity contribution is -0.117. The van der Waals surface area contributed by atoms with E-state index in [9.17, 15) is 4.79 Å². The Morgan fingerprint density at radius 1 is 1.21 bits per heavy atom. The van der Waals surface area contributed by atoms with Gasteiger partial charge in [-0.3, -0.25) is 9.69 Å². The van der Waals surface area contributed by atoms with Crippen molar-refractivity contribution in [3.05, 3.63) is 47.0 Å². The van der Waals surface area contributed by atoms with Crippen molar-refractivity contribution in [2.24, 2.45) is 0 Å². The molecule has 1 unspecified atom stereocenters. The highest BCUT2D eigenvalue weighted by atomic mass is 35.5. The standard InChI is InChI=1S/C21H23ClN2O4/c1-26-18-7-5-15(12-16(18)22)23-21(25)13-24-8-2-3-17(24)14-4-6-19-20(11-14)28-10-9-27-19/h4-7,11-12,17H,2-3,8-10,13H2,1H3,(H,23,25). The van der Waals surface area contributed by atoms with Gasteiger partial charge in [-0.2, -0.15) is 0 Å². The van der Waals surface area contributed by atoms with Crippen LogP contribution in [0.2, 0.25) is 5.02 Å². The molecular formula is C21H23ClN2O4. The zero-order chi connectivity index (χ0) is 19.5. The van der Waals surface area contributed by atoms with Crippen molar-refractivity contribution in [1.82, 2.24) is 4.90 Å². The minimum atomic E-state index is -0.0642. The van der Waals surface area contributed by atoms with Crippen molar-refractivity contribution in [3.8, 4) is 17.2 Å². The number of fused-ring (bicyclic) bond motifs is 1. The second-order valence-corrected chi connectivity index (χ2v) is 7.34. The van der Waals surface area contributed by atoms with Gasteiger partial charge >= 0.3 is 0 Å². The van der Waals surface area contributed by atoms with Crippen LogP contribution in [-0.4, -0.2) is 44.2 Å². The number of rotatable bonds is 5. The van der Waals surface area contributed by atoms with Crippen LogP contribution in [0.15, 0.2) is 36.4 Å². The fourth-order valence-electron chi connectivity index (χ4n) is 3.79. The Hall–Kier alpha value is -2.44. The zero-order valence-electron chi connectivity index (χ0n) is 15.7. The number of anilines is 1. The van der Waals surface area contributed by atoms with Crippen molar-refractivity contribution in [2.75, 3.05) is 38.7 Å². The smallest absolute Gasteiger partial charge is 0.238 e. The third-order valence-electron chi connectivity index (χ3n) is 5.10. The Labute approximate surface area is 169 Å². The number of carbonyl (C=O) groups is 1. The molecule has 7 heteroatoms. The predicted octanol–water partition coefficient (Wildman–Crippen LogP) is 3.90. The number of ether oxygens (including phenoxy) is 3.